The lowest BCUT2D eigenvalue weighted by Crippen LogP contribution is -2.29. The van der Waals surface area contributed by atoms with Gasteiger partial charge in [-0.15, -0.1) is 0 Å². The summed E-state index contributed by atoms with van der Waals surface area (Å²) in [4.78, 5) is 23.5. The fraction of sp³-hybridized carbons (Fsp3) is 0.900. The number of hydrogen-bond donors (Lipinski definition) is 0. The minimum Gasteiger partial charge on any atom is -0.466 e. The number of carbonyl (C=O) groups is 2. The van der Waals surface area contributed by atoms with Gasteiger partial charge in [0.2, 0.25) is 0 Å². The summed E-state index contributed by atoms with van der Waals surface area (Å²) in [5.74, 6) is 2.47. The van der Waals surface area contributed by atoms with Crippen LogP contribution < -0.4 is 0 Å². The second kappa shape index (κ2) is 10.8. The highest BCUT2D eigenvalue weighted by molar-refractivity contribution is 5.96. The first-order valence-electron chi connectivity index (χ1n) is 9.78. The first-order valence-corrected chi connectivity index (χ1v) is 9.78. The Bertz CT molecular complexity index is 348. The number of esters is 1. The number of hydrogen-bond acceptors (Lipinski definition) is 3. The zero-order valence-electron chi connectivity index (χ0n) is 15.6. The third kappa shape index (κ3) is 6.64. The molecule has 0 N–H and O–H groups in total. The lowest BCUT2D eigenvalue weighted by molar-refractivity contribution is -0.146. The summed E-state index contributed by atoms with van der Waals surface area (Å²) >= 11 is 0. The van der Waals surface area contributed by atoms with Crippen LogP contribution >= 0.6 is 0 Å². The highest BCUT2D eigenvalue weighted by Crippen LogP contribution is 2.41. The van der Waals surface area contributed by atoms with E-state index < -0.39 is 0 Å². The van der Waals surface area contributed by atoms with Gasteiger partial charge in [-0.05, 0) is 63.2 Å². The van der Waals surface area contributed by atoms with Crippen molar-refractivity contribution >= 4 is 11.8 Å². The van der Waals surface area contributed by atoms with Crippen molar-refractivity contribution in [3.8, 4) is 0 Å². The molecule has 0 bridgehead atoms. The van der Waals surface area contributed by atoms with Gasteiger partial charge < -0.3 is 4.74 Å². The average Bonchev–Trinajstić information content (AvgIpc) is 2.58. The van der Waals surface area contributed by atoms with E-state index in [1.54, 1.807) is 6.92 Å². The van der Waals surface area contributed by atoms with Crippen LogP contribution in [0, 0.1) is 23.7 Å². The van der Waals surface area contributed by atoms with Gasteiger partial charge in [-0.1, -0.05) is 33.6 Å². The Balaban J connectivity index is 0.00000127. The van der Waals surface area contributed by atoms with E-state index >= 15 is 0 Å². The van der Waals surface area contributed by atoms with Crippen LogP contribution in [0.3, 0.4) is 0 Å². The molecule has 0 aliphatic heterocycles. The molecule has 0 unspecified atom stereocenters. The van der Waals surface area contributed by atoms with E-state index in [9.17, 15) is 9.59 Å². The number of ether oxygens (including phenoxy) is 1. The second-order valence-electron chi connectivity index (χ2n) is 7.08. The van der Waals surface area contributed by atoms with E-state index in [0.29, 0.717) is 6.61 Å². The highest BCUT2D eigenvalue weighted by atomic mass is 16.5. The molecule has 0 radical (unpaired) electrons. The molecule has 0 amide bonds. The van der Waals surface area contributed by atoms with Crippen LogP contribution in [0.1, 0.15) is 85.5 Å². The van der Waals surface area contributed by atoms with Crippen molar-refractivity contribution < 1.29 is 14.3 Å². The minimum absolute atomic E-state index is 0.0237. The zero-order chi connectivity index (χ0) is 17.2. The standard InChI is InChI=1S/C18H30O3.C2H6/c1-3-21-18(20)12-17(19)16-10-8-15(9-11-16)14-6-4-13(2)5-7-14;1-2/h13-16H,3-12H2,1-2H3;1-2H3. The monoisotopic (exact) mass is 324 g/mol. The highest BCUT2D eigenvalue weighted by Gasteiger charge is 2.32. The minimum atomic E-state index is -0.356. The summed E-state index contributed by atoms with van der Waals surface area (Å²) in [5, 5.41) is 0. The van der Waals surface area contributed by atoms with Crippen molar-refractivity contribution in [2.24, 2.45) is 23.7 Å². The summed E-state index contributed by atoms with van der Waals surface area (Å²) in [5.41, 5.74) is 0. The number of Topliss-reactive ketones (excluding diaryl/α,β-unsaturated/α-hetero) is 1. The van der Waals surface area contributed by atoms with Crippen LogP contribution in [-0.2, 0) is 14.3 Å². The van der Waals surface area contributed by atoms with E-state index in [1.165, 1.54) is 38.5 Å². The van der Waals surface area contributed by atoms with E-state index in [1.807, 2.05) is 13.8 Å². The van der Waals surface area contributed by atoms with Crippen molar-refractivity contribution in [1.82, 2.24) is 0 Å². The number of rotatable bonds is 5. The molecule has 3 nitrogen and oxygen atoms in total. The quantitative estimate of drug-likeness (QED) is 0.518. The van der Waals surface area contributed by atoms with Crippen molar-refractivity contribution in [1.29, 1.82) is 0 Å². The Hall–Kier alpha value is -0.860. The van der Waals surface area contributed by atoms with Gasteiger partial charge in [-0.3, -0.25) is 9.59 Å². The predicted octanol–water partition coefficient (Wildman–Crippen LogP) is 5.17. The Morgan fingerprint density at radius 1 is 0.870 bits per heavy atom. The summed E-state index contributed by atoms with van der Waals surface area (Å²) in [6.07, 6.45) is 9.82. The van der Waals surface area contributed by atoms with Crippen LogP contribution in [0.4, 0.5) is 0 Å². The second-order valence-corrected chi connectivity index (χ2v) is 7.08. The fourth-order valence-electron chi connectivity index (χ4n) is 4.17. The molecule has 23 heavy (non-hydrogen) atoms. The van der Waals surface area contributed by atoms with E-state index in [4.69, 9.17) is 4.74 Å². The van der Waals surface area contributed by atoms with Crippen LogP contribution in [0.15, 0.2) is 0 Å². The van der Waals surface area contributed by atoms with Gasteiger partial charge in [0.1, 0.15) is 12.2 Å². The van der Waals surface area contributed by atoms with E-state index in [0.717, 1.165) is 30.6 Å². The van der Waals surface area contributed by atoms with E-state index in [2.05, 4.69) is 6.92 Å². The van der Waals surface area contributed by atoms with Gasteiger partial charge in [-0.25, -0.2) is 0 Å². The van der Waals surface area contributed by atoms with Crippen LogP contribution in [-0.4, -0.2) is 18.4 Å². The largest absolute Gasteiger partial charge is 0.466 e. The number of ketones is 1. The van der Waals surface area contributed by atoms with Crippen molar-refractivity contribution in [2.45, 2.75) is 85.5 Å². The van der Waals surface area contributed by atoms with Crippen molar-refractivity contribution in [3.05, 3.63) is 0 Å². The maximum Gasteiger partial charge on any atom is 0.313 e. The molecule has 2 fully saturated rings. The van der Waals surface area contributed by atoms with Gasteiger partial charge in [0.25, 0.3) is 0 Å². The molecule has 0 heterocycles. The average molecular weight is 325 g/mol. The maximum atomic E-state index is 12.1. The van der Waals surface area contributed by atoms with Gasteiger partial charge in [0.15, 0.2) is 0 Å². The molecule has 2 aliphatic carbocycles. The molecule has 134 valence electrons. The Labute approximate surface area is 142 Å². The normalized spacial score (nSPS) is 30.8. The molecule has 0 spiro atoms. The fourth-order valence-corrected chi connectivity index (χ4v) is 4.17. The van der Waals surface area contributed by atoms with Crippen LogP contribution in [0.5, 0.6) is 0 Å². The Morgan fingerprint density at radius 2 is 1.35 bits per heavy atom. The predicted molar refractivity (Wildman–Crippen MR) is 94.2 cm³/mol. The molecule has 0 aromatic carbocycles. The lowest BCUT2D eigenvalue weighted by atomic mass is 9.69. The molecular formula is C20H36O3. The van der Waals surface area contributed by atoms with E-state index in [-0.39, 0.29) is 24.1 Å². The molecule has 0 saturated heterocycles. The van der Waals surface area contributed by atoms with Gasteiger partial charge in [0.05, 0.1) is 6.61 Å². The Kier molecular flexibility index (Phi) is 9.50. The molecule has 0 aromatic heterocycles. The molecule has 2 rings (SSSR count). The first-order chi connectivity index (χ1) is 11.1. The van der Waals surface area contributed by atoms with Gasteiger partial charge in [-0.2, -0.15) is 0 Å². The van der Waals surface area contributed by atoms with Gasteiger partial charge >= 0.3 is 5.97 Å². The molecule has 0 aromatic rings. The summed E-state index contributed by atoms with van der Waals surface area (Å²) in [6, 6.07) is 0. The smallest absolute Gasteiger partial charge is 0.313 e. The summed E-state index contributed by atoms with van der Waals surface area (Å²) < 4.78 is 4.87. The molecule has 2 saturated carbocycles. The maximum absolute atomic E-state index is 12.1. The SMILES string of the molecule is CC.CCOC(=O)CC(=O)C1CCC(C2CCC(C)CC2)CC1. The summed E-state index contributed by atoms with van der Waals surface area (Å²) in [7, 11) is 0. The lowest BCUT2D eigenvalue weighted by Gasteiger charge is -2.36. The molecule has 2 aliphatic rings. The first kappa shape index (κ1) is 20.2. The molecule has 3 heteroatoms. The molecular weight excluding hydrogens is 288 g/mol. The topological polar surface area (TPSA) is 43.4 Å². The summed E-state index contributed by atoms with van der Waals surface area (Å²) in [6.45, 7) is 8.50. The Morgan fingerprint density at radius 3 is 1.83 bits per heavy atom. The van der Waals surface area contributed by atoms with Crippen LogP contribution in [0.25, 0.3) is 0 Å². The number of carbonyl (C=O) groups excluding carboxylic acids is 2. The van der Waals surface area contributed by atoms with Gasteiger partial charge in [0, 0.05) is 5.92 Å². The third-order valence-electron chi connectivity index (χ3n) is 5.58. The van der Waals surface area contributed by atoms with Crippen molar-refractivity contribution in [2.75, 3.05) is 6.61 Å². The van der Waals surface area contributed by atoms with Crippen molar-refractivity contribution in [3.63, 3.8) is 0 Å². The van der Waals surface area contributed by atoms with Crippen LogP contribution in [0.2, 0.25) is 0 Å². The zero-order valence-corrected chi connectivity index (χ0v) is 15.6. The molecule has 0 atom stereocenters. The third-order valence-corrected chi connectivity index (χ3v) is 5.58.